The third kappa shape index (κ3) is 3.40. The topological polar surface area (TPSA) is 121 Å². The molecule has 23 heavy (non-hydrogen) atoms. The monoisotopic (exact) mass is 329 g/mol. The van der Waals surface area contributed by atoms with E-state index in [-0.39, 0.29) is 10.8 Å². The van der Waals surface area contributed by atoms with Gasteiger partial charge in [0.2, 0.25) is 5.13 Å². The van der Waals surface area contributed by atoms with Crippen LogP contribution in [0, 0.1) is 6.92 Å². The molecule has 2 aromatic heterocycles. The van der Waals surface area contributed by atoms with Crippen LogP contribution >= 0.6 is 11.3 Å². The smallest absolute Gasteiger partial charge is 0.303 e. The lowest BCUT2D eigenvalue weighted by Crippen LogP contribution is -2.27. The zero-order chi connectivity index (χ0) is 16.4. The van der Waals surface area contributed by atoms with Crippen molar-refractivity contribution in [1.29, 1.82) is 0 Å². The maximum atomic E-state index is 12.0. The number of amides is 1. The van der Waals surface area contributed by atoms with Crippen molar-refractivity contribution in [2.75, 3.05) is 5.32 Å². The zero-order valence-electron chi connectivity index (χ0n) is 11.9. The highest BCUT2D eigenvalue weighted by molar-refractivity contribution is 7.18. The van der Waals surface area contributed by atoms with Gasteiger partial charge in [-0.3, -0.25) is 19.9 Å². The van der Waals surface area contributed by atoms with E-state index in [1.54, 1.807) is 0 Å². The van der Waals surface area contributed by atoms with E-state index < -0.39 is 17.2 Å². The molecular weight excluding hydrogens is 318 g/mol. The third-order valence-electron chi connectivity index (χ3n) is 2.95. The number of hydrogen-bond acceptors (Lipinski definition) is 6. The molecule has 0 saturated carbocycles. The van der Waals surface area contributed by atoms with Gasteiger partial charge in [0.25, 0.3) is 11.5 Å². The summed E-state index contributed by atoms with van der Waals surface area (Å²) in [7, 11) is 0. The Balaban J connectivity index is 1.81. The molecule has 1 amide bonds. The van der Waals surface area contributed by atoms with Crippen LogP contribution in [0.2, 0.25) is 0 Å². The molecule has 8 nitrogen and oxygen atoms in total. The molecule has 0 saturated heterocycles. The molecule has 0 bridgehead atoms. The van der Waals surface area contributed by atoms with Crippen LogP contribution < -0.4 is 16.6 Å². The van der Waals surface area contributed by atoms with Crippen molar-refractivity contribution < 1.29 is 4.79 Å². The van der Waals surface area contributed by atoms with Gasteiger partial charge in [0, 0.05) is 11.6 Å². The molecule has 0 fully saturated rings. The summed E-state index contributed by atoms with van der Waals surface area (Å²) in [6, 6.07) is 8.73. The van der Waals surface area contributed by atoms with E-state index in [9.17, 15) is 14.4 Å². The van der Waals surface area contributed by atoms with Crippen LogP contribution in [0.25, 0.3) is 10.6 Å². The SMILES string of the molecule is Cc1ccc(-c2nnc(NC(=O)c3cc(=O)[nH]c(=O)[nH]3)s2)cc1. The number of carbonyl (C=O) groups is 1. The van der Waals surface area contributed by atoms with Crippen LogP contribution in [0.5, 0.6) is 0 Å². The van der Waals surface area contributed by atoms with Crippen molar-refractivity contribution in [2.45, 2.75) is 6.92 Å². The van der Waals surface area contributed by atoms with Crippen LogP contribution in [-0.4, -0.2) is 26.1 Å². The zero-order valence-corrected chi connectivity index (χ0v) is 12.7. The van der Waals surface area contributed by atoms with E-state index in [1.165, 1.54) is 11.3 Å². The third-order valence-corrected chi connectivity index (χ3v) is 3.84. The van der Waals surface area contributed by atoms with Gasteiger partial charge in [-0.2, -0.15) is 0 Å². The molecule has 0 aliphatic rings. The Bertz CT molecular complexity index is 943. The maximum absolute atomic E-state index is 12.0. The van der Waals surface area contributed by atoms with E-state index in [0.29, 0.717) is 5.01 Å². The highest BCUT2D eigenvalue weighted by Crippen LogP contribution is 2.26. The average Bonchev–Trinajstić information content (AvgIpc) is 2.95. The number of hydrogen-bond donors (Lipinski definition) is 3. The fourth-order valence-electron chi connectivity index (χ4n) is 1.84. The molecule has 3 rings (SSSR count). The number of anilines is 1. The summed E-state index contributed by atoms with van der Waals surface area (Å²) >= 11 is 1.19. The van der Waals surface area contributed by atoms with E-state index in [2.05, 4.69) is 20.5 Å². The van der Waals surface area contributed by atoms with Gasteiger partial charge >= 0.3 is 5.69 Å². The summed E-state index contributed by atoms with van der Waals surface area (Å²) in [6.07, 6.45) is 0. The van der Waals surface area contributed by atoms with Crippen molar-refractivity contribution in [1.82, 2.24) is 20.2 Å². The van der Waals surface area contributed by atoms with E-state index in [0.717, 1.165) is 17.2 Å². The minimum Gasteiger partial charge on any atom is -0.303 e. The predicted octanol–water partition coefficient (Wildman–Crippen LogP) is 1.14. The summed E-state index contributed by atoms with van der Waals surface area (Å²) in [4.78, 5) is 38.6. The summed E-state index contributed by atoms with van der Waals surface area (Å²) in [6.45, 7) is 1.98. The molecule has 116 valence electrons. The van der Waals surface area contributed by atoms with Gasteiger partial charge in [0.15, 0.2) is 0 Å². The van der Waals surface area contributed by atoms with E-state index in [1.807, 2.05) is 36.2 Å². The van der Waals surface area contributed by atoms with Crippen molar-refractivity contribution in [2.24, 2.45) is 0 Å². The number of aromatic nitrogens is 4. The summed E-state index contributed by atoms with van der Waals surface area (Å²) in [5.41, 5.74) is 0.464. The molecule has 0 unspecified atom stereocenters. The number of H-pyrrole nitrogens is 2. The number of benzene rings is 1. The van der Waals surface area contributed by atoms with Gasteiger partial charge in [-0.25, -0.2) is 4.79 Å². The van der Waals surface area contributed by atoms with Crippen LogP contribution in [0.4, 0.5) is 5.13 Å². The summed E-state index contributed by atoms with van der Waals surface area (Å²) < 4.78 is 0. The molecule has 0 spiro atoms. The van der Waals surface area contributed by atoms with Crippen molar-refractivity contribution in [3.8, 4) is 10.6 Å². The fourth-order valence-corrected chi connectivity index (χ4v) is 2.59. The largest absolute Gasteiger partial charge is 0.326 e. The number of aromatic amines is 2. The number of aryl methyl sites for hydroxylation is 1. The first-order valence-electron chi connectivity index (χ1n) is 6.57. The van der Waals surface area contributed by atoms with Crippen LogP contribution in [0.1, 0.15) is 16.1 Å². The predicted molar refractivity (Wildman–Crippen MR) is 85.7 cm³/mol. The molecule has 3 aromatic rings. The Hall–Kier alpha value is -3.07. The Morgan fingerprint density at radius 1 is 1.13 bits per heavy atom. The fraction of sp³-hybridized carbons (Fsp3) is 0.0714. The first-order valence-corrected chi connectivity index (χ1v) is 7.38. The van der Waals surface area contributed by atoms with Crippen LogP contribution in [-0.2, 0) is 0 Å². The Morgan fingerprint density at radius 2 is 1.87 bits per heavy atom. The van der Waals surface area contributed by atoms with Crippen LogP contribution in [0.3, 0.4) is 0 Å². The minimum atomic E-state index is -0.750. The number of carbonyl (C=O) groups excluding carboxylic acids is 1. The second-order valence-corrected chi connectivity index (χ2v) is 5.71. The Labute approximate surface area is 133 Å². The Kier molecular flexibility index (Phi) is 3.85. The van der Waals surface area contributed by atoms with Gasteiger partial charge in [0.1, 0.15) is 10.7 Å². The molecule has 0 atom stereocenters. The number of nitrogens with one attached hydrogen (secondary N) is 3. The standard InChI is InChI=1S/C14H11N5O3S/c1-7-2-4-8(5-3-7)12-18-19-14(23-12)17-11(21)9-6-10(20)16-13(22)15-9/h2-6H,1H3,(H,17,19,21)(H2,15,16,20,22). The van der Waals surface area contributed by atoms with Crippen LogP contribution in [0.15, 0.2) is 39.9 Å². The lowest BCUT2D eigenvalue weighted by molar-refractivity contribution is 0.102. The molecule has 1 aromatic carbocycles. The molecule has 0 aliphatic carbocycles. The first-order chi connectivity index (χ1) is 11.0. The molecule has 9 heteroatoms. The minimum absolute atomic E-state index is 0.147. The quantitative estimate of drug-likeness (QED) is 0.665. The highest BCUT2D eigenvalue weighted by atomic mass is 32.1. The molecule has 2 heterocycles. The van der Waals surface area contributed by atoms with Gasteiger partial charge in [0.05, 0.1) is 0 Å². The van der Waals surface area contributed by atoms with E-state index in [4.69, 9.17) is 0 Å². The molecule has 3 N–H and O–H groups in total. The van der Waals surface area contributed by atoms with Crippen molar-refractivity contribution >= 4 is 22.4 Å². The van der Waals surface area contributed by atoms with Gasteiger partial charge < -0.3 is 4.98 Å². The van der Waals surface area contributed by atoms with Crippen molar-refractivity contribution in [3.05, 3.63) is 62.4 Å². The molecule has 0 radical (unpaired) electrons. The highest BCUT2D eigenvalue weighted by Gasteiger charge is 2.12. The normalized spacial score (nSPS) is 10.5. The van der Waals surface area contributed by atoms with Crippen molar-refractivity contribution in [3.63, 3.8) is 0 Å². The lowest BCUT2D eigenvalue weighted by atomic mass is 10.2. The summed E-state index contributed by atoms with van der Waals surface area (Å²) in [5.74, 6) is -0.639. The second kappa shape index (κ2) is 5.97. The first kappa shape index (κ1) is 14.9. The molecular formula is C14H11N5O3S. The Morgan fingerprint density at radius 3 is 2.57 bits per heavy atom. The summed E-state index contributed by atoms with van der Waals surface area (Å²) in [5, 5.41) is 11.3. The van der Waals surface area contributed by atoms with Gasteiger partial charge in [-0.1, -0.05) is 41.2 Å². The van der Waals surface area contributed by atoms with Gasteiger partial charge in [-0.05, 0) is 6.92 Å². The maximum Gasteiger partial charge on any atom is 0.326 e. The average molecular weight is 329 g/mol. The molecule has 0 aliphatic heterocycles. The number of nitrogens with zero attached hydrogens (tertiary/aromatic N) is 2. The second-order valence-electron chi connectivity index (χ2n) is 4.73. The number of rotatable bonds is 3. The van der Waals surface area contributed by atoms with E-state index >= 15 is 0 Å². The lowest BCUT2D eigenvalue weighted by Gasteiger charge is -1.99. The van der Waals surface area contributed by atoms with Gasteiger partial charge in [-0.15, -0.1) is 10.2 Å².